The monoisotopic (exact) mass is 409 g/mol. The second-order valence-corrected chi connectivity index (χ2v) is 7.15. The van der Waals surface area contributed by atoms with Gasteiger partial charge < -0.3 is 4.57 Å². The number of rotatable bonds is 3. The summed E-state index contributed by atoms with van der Waals surface area (Å²) in [6, 6.07) is 14.6. The van der Waals surface area contributed by atoms with Crippen molar-refractivity contribution < 1.29 is 9.59 Å². The van der Waals surface area contributed by atoms with Crippen LogP contribution in [0.4, 0.5) is 5.69 Å². The summed E-state index contributed by atoms with van der Waals surface area (Å²) in [6.07, 6.45) is 3.56. The molecule has 0 atom stereocenters. The Labute approximate surface area is 172 Å². The summed E-state index contributed by atoms with van der Waals surface area (Å²) in [7, 11) is 0. The lowest BCUT2D eigenvalue weighted by Crippen LogP contribution is -2.54. The fraction of sp³-hybridized carbons (Fsp3) is 0.0952. The number of fused-ring (bicyclic) bond motifs is 1. The second-order valence-electron chi connectivity index (χ2n) is 6.32. The van der Waals surface area contributed by atoms with E-state index in [1.165, 1.54) is 4.90 Å². The van der Waals surface area contributed by atoms with E-state index in [2.05, 4.69) is 9.88 Å². The Kier molecular flexibility index (Phi) is 4.75. The predicted octanol–water partition coefficient (Wildman–Crippen LogP) is 4.15. The van der Waals surface area contributed by atoms with Gasteiger partial charge in [0.1, 0.15) is 5.57 Å². The summed E-state index contributed by atoms with van der Waals surface area (Å²) >= 11 is 11.2. The van der Waals surface area contributed by atoms with Gasteiger partial charge in [0.2, 0.25) is 0 Å². The number of aryl methyl sites for hydroxylation is 1. The van der Waals surface area contributed by atoms with Crippen molar-refractivity contribution >= 4 is 63.4 Å². The summed E-state index contributed by atoms with van der Waals surface area (Å²) in [5.41, 5.74) is 2.43. The first kappa shape index (κ1) is 18.4. The van der Waals surface area contributed by atoms with Crippen molar-refractivity contribution in [3.05, 3.63) is 70.9 Å². The zero-order valence-electron chi connectivity index (χ0n) is 15.0. The van der Waals surface area contributed by atoms with Gasteiger partial charge in [0, 0.05) is 34.2 Å². The van der Waals surface area contributed by atoms with Crippen molar-refractivity contribution in [3.63, 3.8) is 0 Å². The zero-order valence-corrected chi connectivity index (χ0v) is 16.6. The minimum Gasteiger partial charge on any atom is -0.347 e. The number of nitrogens with one attached hydrogen (secondary N) is 1. The molecule has 1 aromatic heterocycles. The van der Waals surface area contributed by atoms with Crippen LogP contribution in [-0.2, 0) is 16.1 Å². The number of amides is 2. The van der Waals surface area contributed by atoms with Gasteiger partial charge in [-0.05, 0) is 55.5 Å². The Hall–Kier alpha value is -2.96. The number of thiocarbonyl (C=S) groups is 1. The first-order valence-corrected chi connectivity index (χ1v) is 9.53. The molecule has 0 aliphatic carbocycles. The lowest BCUT2D eigenvalue weighted by molar-refractivity contribution is -0.122. The normalized spacial score (nSPS) is 16.1. The van der Waals surface area contributed by atoms with E-state index in [9.17, 15) is 9.59 Å². The first-order valence-electron chi connectivity index (χ1n) is 8.74. The molecule has 1 aliphatic rings. The maximum atomic E-state index is 13.1. The number of carbonyl (C=O) groups excluding carboxylic acids is 2. The molecular weight excluding hydrogens is 394 g/mol. The van der Waals surface area contributed by atoms with Crippen molar-refractivity contribution in [2.45, 2.75) is 13.5 Å². The van der Waals surface area contributed by atoms with Crippen LogP contribution in [0.5, 0.6) is 0 Å². The van der Waals surface area contributed by atoms with Crippen LogP contribution >= 0.6 is 23.8 Å². The number of nitrogens with zero attached hydrogens (tertiary/aromatic N) is 2. The predicted molar refractivity (Wildman–Crippen MR) is 115 cm³/mol. The summed E-state index contributed by atoms with van der Waals surface area (Å²) < 4.78 is 2.08. The molecule has 0 spiro atoms. The van der Waals surface area contributed by atoms with Crippen LogP contribution in [0.3, 0.4) is 0 Å². The molecule has 140 valence electrons. The average Bonchev–Trinajstić information content (AvgIpc) is 3.04. The Morgan fingerprint density at radius 1 is 1.11 bits per heavy atom. The van der Waals surface area contributed by atoms with Gasteiger partial charge in [-0.1, -0.05) is 29.8 Å². The number of hydrogen-bond donors (Lipinski definition) is 1. The van der Waals surface area contributed by atoms with Crippen molar-refractivity contribution in [1.82, 2.24) is 9.88 Å². The number of benzene rings is 2. The van der Waals surface area contributed by atoms with E-state index in [1.54, 1.807) is 30.3 Å². The standard InChI is InChI=1S/C21H16ClN3O2S/c1-2-24-12-13(16-5-3-4-6-18(16)24)11-17-19(26)23-21(28)25(20(17)27)15-9-7-14(22)8-10-15/h3-12H,2H2,1H3,(H,23,26,28). The van der Waals surface area contributed by atoms with Crippen molar-refractivity contribution in [3.8, 4) is 0 Å². The maximum absolute atomic E-state index is 13.1. The number of aromatic nitrogens is 1. The number of halogens is 1. The Morgan fingerprint density at radius 3 is 2.54 bits per heavy atom. The minimum absolute atomic E-state index is 0.0301. The van der Waals surface area contributed by atoms with Gasteiger partial charge in [0.05, 0.1) is 5.69 Å². The molecule has 28 heavy (non-hydrogen) atoms. The van der Waals surface area contributed by atoms with Gasteiger partial charge >= 0.3 is 0 Å². The summed E-state index contributed by atoms with van der Waals surface area (Å²) in [5.74, 6) is -0.974. The highest BCUT2D eigenvalue weighted by Gasteiger charge is 2.34. The van der Waals surface area contributed by atoms with Gasteiger partial charge in [-0.15, -0.1) is 0 Å². The van der Waals surface area contributed by atoms with E-state index < -0.39 is 11.8 Å². The Morgan fingerprint density at radius 2 is 1.82 bits per heavy atom. The molecule has 0 radical (unpaired) electrons. The van der Waals surface area contributed by atoms with Crippen molar-refractivity contribution in [2.24, 2.45) is 0 Å². The van der Waals surface area contributed by atoms with Crippen molar-refractivity contribution in [1.29, 1.82) is 0 Å². The maximum Gasteiger partial charge on any atom is 0.270 e. The van der Waals surface area contributed by atoms with Crippen LogP contribution in [0.2, 0.25) is 5.02 Å². The average molecular weight is 410 g/mol. The number of anilines is 1. The third-order valence-corrected chi connectivity index (χ3v) is 5.18. The molecule has 1 fully saturated rings. The summed E-state index contributed by atoms with van der Waals surface area (Å²) in [4.78, 5) is 26.9. The Balaban J connectivity index is 1.80. The molecule has 0 saturated carbocycles. The van der Waals surface area contributed by atoms with Crippen LogP contribution in [0.15, 0.2) is 60.3 Å². The molecule has 4 rings (SSSR count). The molecule has 3 aromatic rings. The van der Waals surface area contributed by atoms with Crippen LogP contribution in [0.25, 0.3) is 17.0 Å². The van der Waals surface area contributed by atoms with Gasteiger partial charge in [-0.25, -0.2) is 0 Å². The van der Waals surface area contributed by atoms with Crippen LogP contribution in [0.1, 0.15) is 12.5 Å². The zero-order chi connectivity index (χ0) is 19.8. The first-order chi connectivity index (χ1) is 13.5. The van der Waals surface area contributed by atoms with E-state index in [0.717, 1.165) is 23.0 Å². The molecule has 2 heterocycles. The molecule has 2 aromatic carbocycles. The van der Waals surface area contributed by atoms with Gasteiger partial charge in [-0.3, -0.25) is 19.8 Å². The topological polar surface area (TPSA) is 54.3 Å². The summed E-state index contributed by atoms with van der Waals surface area (Å²) in [5, 5.41) is 4.17. The molecular formula is C21H16ClN3O2S. The fourth-order valence-corrected chi connectivity index (χ4v) is 3.70. The molecule has 1 saturated heterocycles. The minimum atomic E-state index is -0.506. The summed E-state index contributed by atoms with van der Waals surface area (Å²) in [6.45, 7) is 2.83. The van der Waals surface area contributed by atoms with E-state index in [1.807, 2.05) is 37.4 Å². The quantitative estimate of drug-likeness (QED) is 0.401. The second kappa shape index (κ2) is 7.22. The molecule has 1 aliphatic heterocycles. The molecule has 0 bridgehead atoms. The van der Waals surface area contributed by atoms with E-state index >= 15 is 0 Å². The molecule has 1 N–H and O–H groups in total. The van der Waals surface area contributed by atoms with E-state index in [-0.39, 0.29) is 10.7 Å². The SMILES string of the molecule is CCn1cc(C=C2C(=O)NC(=S)N(c3ccc(Cl)cc3)C2=O)c2ccccc21. The third kappa shape index (κ3) is 3.10. The van der Waals surface area contributed by atoms with Crippen LogP contribution < -0.4 is 10.2 Å². The Bertz CT molecular complexity index is 1150. The lowest BCUT2D eigenvalue weighted by Gasteiger charge is -2.28. The number of para-hydroxylation sites is 1. The highest BCUT2D eigenvalue weighted by molar-refractivity contribution is 7.80. The smallest absolute Gasteiger partial charge is 0.270 e. The lowest BCUT2D eigenvalue weighted by atomic mass is 10.1. The van der Waals surface area contributed by atoms with Crippen LogP contribution in [-0.4, -0.2) is 21.5 Å². The largest absolute Gasteiger partial charge is 0.347 e. The van der Waals surface area contributed by atoms with Crippen LogP contribution in [0, 0.1) is 0 Å². The van der Waals surface area contributed by atoms with E-state index in [0.29, 0.717) is 10.7 Å². The van der Waals surface area contributed by atoms with Crippen molar-refractivity contribution in [2.75, 3.05) is 4.90 Å². The van der Waals surface area contributed by atoms with Gasteiger partial charge in [0.15, 0.2) is 5.11 Å². The molecule has 5 nitrogen and oxygen atoms in total. The highest BCUT2D eigenvalue weighted by Crippen LogP contribution is 2.27. The van der Waals surface area contributed by atoms with Gasteiger partial charge in [0.25, 0.3) is 11.8 Å². The highest BCUT2D eigenvalue weighted by atomic mass is 35.5. The van der Waals surface area contributed by atoms with Gasteiger partial charge in [-0.2, -0.15) is 0 Å². The molecule has 7 heteroatoms. The van der Waals surface area contributed by atoms with E-state index in [4.69, 9.17) is 23.8 Å². The fourth-order valence-electron chi connectivity index (χ4n) is 3.29. The third-order valence-electron chi connectivity index (χ3n) is 4.65. The molecule has 0 unspecified atom stereocenters. The number of carbonyl (C=O) groups is 2. The number of hydrogen-bond acceptors (Lipinski definition) is 3. The molecule has 2 amide bonds.